The fraction of sp³-hybridized carbons (Fsp3) is 0.282. The lowest BCUT2D eigenvalue weighted by atomic mass is 9.75. The van der Waals surface area contributed by atoms with Gasteiger partial charge in [0, 0.05) is 23.1 Å². The van der Waals surface area contributed by atoms with Crippen LogP contribution < -0.4 is 4.57 Å². The summed E-state index contributed by atoms with van der Waals surface area (Å²) < 4.78 is 9.11. The third-order valence-corrected chi connectivity index (χ3v) is 10.8. The van der Waals surface area contributed by atoms with Gasteiger partial charge in [-0.1, -0.05) is 81.9 Å². The van der Waals surface area contributed by atoms with Gasteiger partial charge in [0.15, 0.2) is 11.7 Å². The van der Waals surface area contributed by atoms with Gasteiger partial charge in [-0.15, -0.1) is 11.3 Å². The van der Waals surface area contributed by atoms with Crippen LogP contribution in [0.1, 0.15) is 60.5 Å². The van der Waals surface area contributed by atoms with Crippen LogP contribution in [0, 0.1) is 20.8 Å². The van der Waals surface area contributed by atoms with Gasteiger partial charge in [0.25, 0.3) is 6.33 Å². The lowest BCUT2D eigenvalue weighted by Crippen LogP contribution is -2.49. The average molecular weight is 600 g/mol. The molecule has 2 aromatic heterocycles. The second-order valence-electron chi connectivity index (χ2n) is 13.3. The van der Waals surface area contributed by atoms with Crippen LogP contribution in [0.25, 0.3) is 53.5 Å². The maximum atomic E-state index is 11.2. The fourth-order valence-corrected chi connectivity index (χ4v) is 9.07. The number of thiophene rings is 1. The highest BCUT2D eigenvalue weighted by molar-refractivity contribution is 7.23. The Bertz CT molecular complexity index is 2150. The van der Waals surface area contributed by atoms with Crippen molar-refractivity contribution < 1.29 is 14.4 Å². The van der Waals surface area contributed by atoms with Crippen molar-refractivity contribution in [3.8, 4) is 21.7 Å². The molecule has 44 heavy (non-hydrogen) atoms. The van der Waals surface area contributed by atoms with Crippen LogP contribution in [0.2, 0.25) is 0 Å². The van der Waals surface area contributed by atoms with E-state index in [9.17, 15) is 5.11 Å². The number of aromatic nitrogens is 2. The number of aliphatic hydroxyl groups is 1. The van der Waals surface area contributed by atoms with Crippen molar-refractivity contribution >= 4 is 43.1 Å². The SMILES string of the molecule is C=C(O)C1C(COC)c2c(cc(C(C)(C)C)c3ccccc23)-c2c3sc(-c4c(C)cc5ccccc5c4C)c(C)c3nc[n+]21. The summed E-state index contributed by atoms with van der Waals surface area (Å²) >= 11 is 1.81. The second kappa shape index (κ2) is 10.3. The largest absolute Gasteiger partial charge is 0.508 e. The van der Waals surface area contributed by atoms with Crippen molar-refractivity contribution in [2.24, 2.45) is 0 Å². The summed E-state index contributed by atoms with van der Waals surface area (Å²) in [6, 6.07) is 21.6. The van der Waals surface area contributed by atoms with Gasteiger partial charge in [-0.25, -0.2) is 4.57 Å². The van der Waals surface area contributed by atoms with Crippen molar-refractivity contribution in [2.75, 3.05) is 13.7 Å². The summed E-state index contributed by atoms with van der Waals surface area (Å²) in [5, 5.41) is 16.2. The van der Waals surface area contributed by atoms with Crippen molar-refractivity contribution in [1.29, 1.82) is 0 Å². The molecule has 7 rings (SSSR count). The van der Waals surface area contributed by atoms with Crippen molar-refractivity contribution in [2.45, 2.75) is 58.9 Å². The smallest absolute Gasteiger partial charge is 0.288 e. The number of aliphatic hydroxyl groups excluding tert-OH is 1. The van der Waals surface area contributed by atoms with Gasteiger partial charge in [0.05, 0.1) is 12.5 Å². The van der Waals surface area contributed by atoms with Crippen LogP contribution in [-0.4, -0.2) is 23.8 Å². The normalized spacial score (nSPS) is 16.4. The Morgan fingerprint density at radius 3 is 2.34 bits per heavy atom. The number of rotatable bonds is 4. The minimum Gasteiger partial charge on any atom is -0.508 e. The highest BCUT2D eigenvalue weighted by Crippen LogP contribution is 2.51. The molecule has 2 unspecified atom stereocenters. The van der Waals surface area contributed by atoms with Crippen LogP contribution in [0.5, 0.6) is 0 Å². The van der Waals surface area contributed by atoms with E-state index < -0.39 is 6.04 Å². The third kappa shape index (κ3) is 4.13. The van der Waals surface area contributed by atoms with E-state index in [1.165, 1.54) is 65.4 Å². The number of methoxy groups -OCH3 is 1. The van der Waals surface area contributed by atoms with E-state index >= 15 is 0 Å². The molecule has 0 saturated heterocycles. The molecule has 2 atom stereocenters. The first kappa shape index (κ1) is 28.7. The molecular formula is C39H39N2O2S+. The van der Waals surface area contributed by atoms with Gasteiger partial charge in [0.1, 0.15) is 10.5 Å². The monoisotopic (exact) mass is 599 g/mol. The number of hydrogen-bond donors (Lipinski definition) is 1. The summed E-state index contributed by atoms with van der Waals surface area (Å²) in [7, 11) is 1.73. The summed E-state index contributed by atoms with van der Waals surface area (Å²) in [6.45, 7) is 18.0. The van der Waals surface area contributed by atoms with Crippen LogP contribution in [0.15, 0.2) is 79.3 Å². The number of nitrogens with zero attached hydrogens (tertiary/aromatic N) is 2. The van der Waals surface area contributed by atoms with Crippen LogP contribution in [0.3, 0.4) is 0 Å². The number of fused-ring (bicyclic) bond motifs is 8. The Morgan fingerprint density at radius 1 is 0.977 bits per heavy atom. The highest BCUT2D eigenvalue weighted by Gasteiger charge is 2.43. The van der Waals surface area contributed by atoms with Gasteiger partial charge in [0.2, 0.25) is 5.52 Å². The number of ether oxygens (including phenoxy) is 1. The lowest BCUT2D eigenvalue weighted by molar-refractivity contribution is -0.713. The molecular weight excluding hydrogens is 561 g/mol. The zero-order valence-corrected chi connectivity index (χ0v) is 27.4. The number of aryl methyl sites for hydroxylation is 3. The van der Waals surface area contributed by atoms with Crippen molar-refractivity contribution in [3.05, 3.63) is 107 Å². The van der Waals surface area contributed by atoms with E-state index in [1.54, 1.807) is 7.11 Å². The van der Waals surface area contributed by atoms with Gasteiger partial charge in [-0.2, -0.15) is 0 Å². The lowest BCUT2D eigenvalue weighted by Gasteiger charge is -2.35. The van der Waals surface area contributed by atoms with Gasteiger partial charge in [-0.3, -0.25) is 0 Å². The number of hydrogen-bond acceptors (Lipinski definition) is 4. The Balaban J connectivity index is 1.62. The van der Waals surface area contributed by atoms with E-state index in [0.717, 1.165) is 15.9 Å². The molecule has 4 aromatic carbocycles. The molecule has 0 radical (unpaired) electrons. The molecule has 4 nitrogen and oxygen atoms in total. The maximum absolute atomic E-state index is 11.2. The molecule has 3 heterocycles. The molecule has 1 N–H and O–H groups in total. The van der Waals surface area contributed by atoms with Crippen molar-refractivity contribution in [3.63, 3.8) is 0 Å². The molecule has 1 aliphatic heterocycles. The van der Waals surface area contributed by atoms with E-state index in [4.69, 9.17) is 9.72 Å². The minimum atomic E-state index is -0.409. The van der Waals surface area contributed by atoms with E-state index in [2.05, 4.69) is 113 Å². The van der Waals surface area contributed by atoms with Crippen LogP contribution >= 0.6 is 11.3 Å². The molecule has 222 valence electrons. The van der Waals surface area contributed by atoms with E-state index in [-0.39, 0.29) is 17.1 Å². The Hall–Kier alpha value is -4.06. The second-order valence-corrected chi connectivity index (χ2v) is 14.3. The maximum Gasteiger partial charge on any atom is 0.288 e. The average Bonchev–Trinajstić information content (AvgIpc) is 3.31. The minimum absolute atomic E-state index is 0.0738. The summed E-state index contributed by atoms with van der Waals surface area (Å²) in [6.07, 6.45) is 1.91. The molecule has 0 bridgehead atoms. The number of benzene rings is 4. The van der Waals surface area contributed by atoms with Crippen LogP contribution in [0.4, 0.5) is 0 Å². The molecule has 0 fully saturated rings. The Kier molecular flexibility index (Phi) is 6.69. The first-order valence-electron chi connectivity index (χ1n) is 15.3. The molecule has 5 heteroatoms. The zero-order chi connectivity index (χ0) is 31.1. The summed E-state index contributed by atoms with van der Waals surface area (Å²) in [5.74, 6) is -0.0162. The third-order valence-electron chi connectivity index (χ3n) is 9.52. The molecule has 1 aliphatic rings. The van der Waals surface area contributed by atoms with E-state index in [1.807, 2.05) is 17.7 Å². The summed E-state index contributed by atoms with van der Waals surface area (Å²) in [4.78, 5) is 6.32. The highest BCUT2D eigenvalue weighted by atomic mass is 32.1. The molecule has 0 aliphatic carbocycles. The quantitative estimate of drug-likeness (QED) is 0.162. The van der Waals surface area contributed by atoms with Gasteiger partial charge in [-0.05, 0) is 86.6 Å². The van der Waals surface area contributed by atoms with Crippen LogP contribution in [-0.2, 0) is 10.2 Å². The molecule has 6 aromatic rings. The molecule has 0 spiro atoms. The zero-order valence-electron chi connectivity index (χ0n) is 26.6. The first-order valence-corrected chi connectivity index (χ1v) is 16.1. The molecule has 0 amide bonds. The van der Waals surface area contributed by atoms with Gasteiger partial charge < -0.3 is 9.84 Å². The Morgan fingerprint density at radius 2 is 1.66 bits per heavy atom. The molecule has 0 saturated carbocycles. The number of allylic oxidation sites excluding steroid dienone is 1. The predicted octanol–water partition coefficient (Wildman–Crippen LogP) is 9.80. The van der Waals surface area contributed by atoms with Gasteiger partial charge >= 0.3 is 0 Å². The Labute approximate surface area is 263 Å². The fourth-order valence-electron chi connectivity index (χ4n) is 7.59. The first-order chi connectivity index (χ1) is 21.0. The standard InChI is InChI=1S/C39H38N2O2S/c1-21-17-25-13-9-10-14-26(25)22(2)32(21)37-23(3)34-38(44-37)36-29-18-31(39(5,6)7)27-15-11-12-16-28(27)33(29)30(19-43-8)35(24(4)42)41(36)20-40-34/h9-18,20,30,35H,4,19H2,1-3,5-8H3/p+1. The van der Waals surface area contributed by atoms with E-state index in [0.29, 0.717) is 6.61 Å². The predicted molar refractivity (Wildman–Crippen MR) is 184 cm³/mol. The van der Waals surface area contributed by atoms with Crippen molar-refractivity contribution in [1.82, 2.24) is 4.98 Å². The topological polar surface area (TPSA) is 46.2 Å². The summed E-state index contributed by atoms with van der Waals surface area (Å²) in [5.41, 5.74) is 10.7.